The number of nitrogens with zero attached hydrogens (tertiary/aromatic N) is 1. The standard InChI is InChI=1S/C21H24FN3O4/c1-13-8-9-14-15(5-3-6-16(14)22)18(13)25-20(27)19(26)24-17-7-4-10-23-21(17)29-12-11-28-2/h3-7,10,13,18H,8-9,11-12H2,1-2H3,(H,24,26)(H,25,27). The van der Waals surface area contributed by atoms with Crippen molar-refractivity contribution in [3.63, 3.8) is 0 Å². The fourth-order valence-corrected chi connectivity index (χ4v) is 3.40. The van der Waals surface area contributed by atoms with Crippen LogP contribution in [0, 0.1) is 11.7 Å². The van der Waals surface area contributed by atoms with Crippen LogP contribution in [0.2, 0.25) is 0 Å². The van der Waals surface area contributed by atoms with Crippen LogP contribution in [0.1, 0.15) is 30.5 Å². The van der Waals surface area contributed by atoms with Gasteiger partial charge in [0.25, 0.3) is 0 Å². The number of methoxy groups -OCH3 is 1. The van der Waals surface area contributed by atoms with Gasteiger partial charge in [0, 0.05) is 13.3 Å². The van der Waals surface area contributed by atoms with Gasteiger partial charge in [-0.15, -0.1) is 0 Å². The minimum absolute atomic E-state index is 0.0763. The van der Waals surface area contributed by atoms with Crippen LogP contribution in [0.4, 0.5) is 10.1 Å². The molecule has 2 amide bonds. The number of amides is 2. The van der Waals surface area contributed by atoms with Gasteiger partial charge in [-0.05, 0) is 48.1 Å². The second-order valence-electron chi connectivity index (χ2n) is 6.93. The maximum Gasteiger partial charge on any atom is 0.313 e. The van der Waals surface area contributed by atoms with Gasteiger partial charge < -0.3 is 20.1 Å². The number of fused-ring (bicyclic) bond motifs is 1. The second-order valence-corrected chi connectivity index (χ2v) is 6.93. The predicted octanol–water partition coefficient (Wildman–Crippen LogP) is 2.62. The molecular formula is C21H24FN3O4. The van der Waals surface area contributed by atoms with Crippen molar-refractivity contribution >= 4 is 17.5 Å². The van der Waals surface area contributed by atoms with Gasteiger partial charge in [-0.1, -0.05) is 19.1 Å². The smallest absolute Gasteiger partial charge is 0.313 e. The number of aromatic nitrogens is 1. The van der Waals surface area contributed by atoms with Crippen molar-refractivity contribution in [2.75, 3.05) is 25.6 Å². The molecule has 1 aromatic carbocycles. The highest BCUT2D eigenvalue weighted by Crippen LogP contribution is 2.35. The van der Waals surface area contributed by atoms with Crippen LogP contribution in [0.3, 0.4) is 0 Å². The van der Waals surface area contributed by atoms with Gasteiger partial charge in [0.05, 0.1) is 12.6 Å². The van der Waals surface area contributed by atoms with Gasteiger partial charge in [0.15, 0.2) is 0 Å². The molecule has 2 aromatic rings. The highest BCUT2D eigenvalue weighted by molar-refractivity contribution is 6.39. The van der Waals surface area contributed by atoms with E-state index in [-0.39, 0.29) is 29.9 Å². The van der Waals surface area contributed by atoms with E-state index in [1.807, 2.05) is 6.92 Å². The number of benzene rings is 1. The summed E-state index contributed by atoms with van der Waals surface area (Å²) in [5, 5.41) is 5.27. The van der Waals surface area contributed by atoms with Gasteiger partial charge in [0.1, 0.15) is 18.1 Å². The Morgan fingerprint density at radius 3 is 2.83 bits per heavy atom. The summed E-state index contributed by atoms with van der Waals surface area (Å²) in [6.07, 6.45) is 2.85. The number of hydrogen-bond donors (Lipinski definition) is 2. The monoisotopic (exact) mass is 401 g/mol. The molecule has 1 aliphatic carbocycles. The van der Waals surface area contributed by atoms with E-state index < -0.39 is 17.9 Å². The first-order chi connectivity index (χ1) is 14.0. The molecule has 3 rings (SSSR count). The number of carbonyl (C=O) groups excluding carboxylic acids is 2. The molecule has 154 valence electrons. The Labute approximate surface area is 168 Å². The molecule has 0 saturated carbocycles. The van der Waals surface area contributed by atoms with E-state index in [1.165, 1.54) is 12.3 Å². The van der Waals surface area contributed by atoms with Crippen molar-refractivity contribution in [2.24, 2.45) is 5.92 Å². The second kappa shape index (κ2) is 9.47. The summed E-state index contributed by atoms with van der Waals surface area (Å²) in [5.74, 6) is -1.65. The molecule has 0 radical (unpaired) electrons. The Bertz CT molecular complexity index is 890. The Hall–Kier alpha value is -3.00. The third kappa shape index (κ3) is 4.89. The van der Waals surface area contributed by atoms with E-state index in [2.05, 4.69) is 15.6 Å². The van der Waals surface area contributed by atoms with Crippen molar-refractivity contribution < 1.29 is 23.5 Å². The number of rotatable bonds is 6. The van der Waals surface area contributed by atoms with Crippen LogP contribution >= 0.6 is 0 Å². The molecule has 2 N–H and O–H groups in total. The van der Waals surface area contributed by atoms with E-state index >= 15 is 0 Å². The minimum Gasteiger partial charge on any atom is -0.474 e. The topological polar surface area (TPSA) is 89.6 Å². The molecule has 8 heteroatoms. The maximum atomic E-state index is 14.1. The lowest BCUT2D eigenvalue weighted by molar-refractivity contribution is -0.136. The molecule has 1 aliphatic rings. The summed E-state index contributed by atoms with van der Waals surface area (Å²) < 4.78 is 24.5. The highest BCUT2D eigenvalue weighted by atomic mass is 19.1. The third-order valence-electron chi connectivity index (χ3n) is 4.95. The molecular weight excluding hydrogens is 377 g/mol. The Kier molecular flexibility index (Phi) is 6.77. The number of hydrogen-bond acceptors (Lipinski definition) is 5. The zero-order valence-electron chi connectivity index (χ0n) is 16.4. The number of carbonyl (C=O) groups is 2. The number of nitrogens with one attached hydrogen (secondary N) is 2. The van der Waals surface area contributed by atoms with E-state index in [4.69, 9.17) is 9.47 Å². The summed E-state index contributed by atoms with van der Waals surface area (Å²) >= 11 is 0. The fourth-order valence-electron chi connectivity index (χ4n) is 3.40. The summed E-state index contributed by atoms with van der Waals surface area (Å²) in [6, 6.07) is 7.60. The lowest BCUT2D eigenvalue weighted by Crippen LogP contribution is -2.41. The fraction of sp³-hybridized carbons (Fsp3) is 0.381. The van der Waals surface area contributed by atoms with Crippen LogP contribution in [-0.2, 0) is 20.7 Å². The lowest BCUT2D eigenvalue weighted by atomic mass is 9.80. The summed E-state index contributed by atoms with van der Waals surface area (Å²) in [7, 11) is 1.55. The van der Waals surface area contributed by atoms with Crippen LogP contribution in [0.25, 0.3) is 0 Å². The first-order valence-corrected chi connectivity index (χ1v) is 9.47. The average molecular weight is 401 g/mol. The van der Waals surface area contributed by atoms with Crippen LogP contribution in [-0.4, -0.2) is 37.1 Å². The lowest BCUT2D eigenvalue weighted by Gasteiger charge is -2.32. The van der Waals surface area contributed by atoms with E-state index in [1.54, 1.807) is 31.4 Å². The summed E-state index contributed by atoms with van der Waals surface area (Å²) in [6.45, 7) is 2.59. The molecule has 0 spiro atoms. The molecule has 0 aliphatic heterocycles. The largest absolute Gasteiger partial charge is 0.474 e. The quantitative estimate of drug-likeness (QED) is 0.574. The zero-order chi connectivity index (χ0) is 20.8. The normalized spacial score (nSPS) is 17.9. The Balaban J connectivity index is 1.69. The Morgan fingerprint density at radius 1 is 1.21 bits per heavy atom. The van der Waals surface area contributed by atoms with Crippen molar-refractivity contribution in [1.29, 1.82) is 0 Å². The molecule has 1 aromatic heterocycles. The van der Waals surface area contributed by atoms with E-state index in [0.29, 0.717) is 18.6 Å². The van der Waals surface area contributed by atoms with Crippen molar-refractivity contribution in [3.05, 3.63) is 53.5 Å². The Morgan fingerprint density at radius 2 is 2.03 bits per heavy atom. The zero-order valence-corrected chi connectivity index (χ0v) is 16.4. The van der Waals surface area contributed by atoms with Crippen LogP contribution < -0.4 is 15.4 Å². The van der Waals surface area contributed by atoms with Crippen molar-refractivity contribution in [3.8, 4) is 5.88 Å². The first kappa shape index (κ1) is 20.7. The molecule has 2 unspecified atom stereocenters. The van der Waals surface area contributed by atoms with Gasteiger partial charge >= 0.3 is 11.8 Å². The van der Waals surface area contributed by atoms with Gasteiger partial charge in [0.2, 0.25) is 5.88 Å². The van der Waals surface area contributed by atoms with Crippen molar-refractivity contribution in [2.45, 2.75) is 25.8 Å². The minimum atomic E-state index is -0.842. The number of halogens is 1. The van der Waals surface area contributed by atoms with Crippen LogP contribution in [0.15, 0.2) is 36.5 Å². The number of ether oxygens (including phenoxy) is 2. The van der Waals surface area contributed by atoms with Crippen LogP contribution in [0.5, 0.6) is 5.88 Å². The molecule has 0 bridgehead atoms. The maximum absolute atomic E-state index is 14.1. The third-order valence-corrected chi connectivity index (χ3v) is 4.95. The average Bonchev–Trinajstić information content (AvgIpc) is 2.71. The summed E-state index contributed by atoms with van der Waals surface area (Å²) in [4.78, 5) is 29.0. The van der Waals surface area contributed by atoms with Gasteiger partial charge in [-0.3, -0.25) is 9.59 Å². The van der Waals surface area contributed by atoms with Gasteiger partial charge in [-0.2, -0.15) is 0 Å². The SMILES string of the molecule is COCCOc1ncccc1NC(=O)C(=O)NC1c2cccc(F)c2CCC1C. The molecule has 0 saturated heterocycles. The molecule has 7 nitrogen and oxygen atoms in total. The molecule has 2 atom stereocenters. The molecule has 1 heterocycles. The summed E-state index contributed by atoms with van der Waals surface area (Å²) in [5.41, 5.74) is 1.60. The number of anilines is 1. The van der Waals surface area contributed by atoms with Gasteiger partial charge in [-0.25, -0.2) is 9.37 Å². The van der Waals surface area contributed by atoms with E-state index in [9.17, 15) is 14.0 Å². The number of pyridine rings is 1. The first-order valence-electron chi connectivity index (χ1n) is 9.47. The molecule has 0 fully saturated rings. The molecule has 29 heavy (non-hydrogen) atoms. The van der Waals surface area contributed by atoms with Crippen molar-refractivity contribution in [1.82, 2.24) is 10.3 Å². The highest BCUT2D eigenvalue weighted by Gasteiger charge is 2.31. The van der Waals surface area contributed by atoms with E-state index in [0.717, 1.165) is 12.0 Å². The predicted molar refractivity (Wildman–Crippen MR) is 105 cm³/mol.